The van der Waals surface area contributed by atoms with Crippen LogP contribution in [0.5, 0.6) is 0 Å². The highest BCUT2D eigenvalue weighted by Gasteiger charge is 2.61. The molecule has 3 amide bonds. The third kappa shape index (κ3) is 4.11. The Hall–Kier alpha value is -4.46. The zero-order chi connectivity index (χ0) is 29.1. The number of nitrogens with zero attached hydrogens (tertiary/aromatic N) is 1. The summed E-state index contributed by atoms with van der Waals surface area (Å²) in [6.45, 7) is -0.572. The first-order chi connectivity index (χ1) is 20.3. The van der Waals surface area contributed by atoms with Crippen LogP contribution in [0, 0.1) is 11.8 Å². The first-order valence-corrected chi connectivity index (χ1v) is 14.2. The van der Waals surface area contributed by atoms with Gasteiger partial charge in [0.2, 0.25) is 11.8 Å². The lowest BCUT2D eigenvalue weighted by Gasteiger charge is -2.45. The van der Waals surface area contributed by atoms with Crippen LogP contribution in [-0.4, -0.2) is 30.3 Å². The van der Waals surface area contributed by atoms with Crippen LogP contribution in [0.15, 0.2) is 91.0 Å². The molecule has 0 spiro atoms. The first-order valence-electron chi connectivity index (χ1n) is 13.4. The van der Waals surface area contributed by atoms with Gasteiger partial charge in [0, 0.05) is 16.9 Å². The maximum absolute atomic E-state index is 14.0. The lowest BCUT2D eigenvalue weighted by molar-refractivity contribution is -0.122. The molecule has 7 nitrogen and oxygen atoms in total. The van der Waals surface area contributed by atoms with Crippen LogP contribution in [0.3, 0.4) is 0 Å². The third-order valence-corrected chi connectivity index (χ3v) is 8.89. The van der Waals surface area contributed by atoms with E-state index < -0.39 is 30.3 Å². The number of rotatable bonds is 5. The second kappa shape index (κ2) is 10.1. The van der Waals surface area contributed by atoms with Crippen molar-refractivity contribution in [2.24, 2.45) is 11.8 Å². The van der Waals surface area contributed by atoms with Crippen LogP contribution in [0.25, 0.3) is 0 Å². The van der Waals surface area contributed by atoms with Gasteiger partial charge in [-0.2, -0.15) is 0 Å². The summed E-state index contributed by atoms with van der Waals surface area (Å²) in [7, 11) is 0. The molecule has 0 saturated carbocycles. The van der Waals surface area contributed by atoms with Crippen LogP contribution in [0.4, 0.5) is 11.4 Å². The van der Waals surface area contributed by atoms with Crippen LogP contribution < -0.4 is 10.2 Å². The number of carbonyl (C=O) groups is 4. The molecule has 0 unspecified atom stereocenters. The van der Waals surface area contributed by atoms with Gasteiger partial charge in [0.15, 0.2) is 6.61 Å². The molecule has 1 saturated heterocycles. The number of amides is 3. The number of imide groups is 1. The molecule has 2 atom stereocenters. The Kier molecular flexibility index (Phi) is 6.37. The highest BCUT2D eigenvalue weighted by atomic mass is 35.5. The molecule has 0 aromatic heterocycles. The van der Waals surface area contributed by atoms with Gasteiger partial charge in [0.1, 0.15) is 0 Å². The van der Waals surface area contributed by atoms with E-state index in [0.717, 1.165) is 22.3 Å². The highest BCUT2D eigenvalue weighted by Crippen LogP contribution is 2.61. The fraction of sp³-hybridized carbons (Fsp3) is 0.152. The van der Waals surface area contributed by atoms with Gasteiger partial charge < -0.3 is 10.1 Å². The molecular weight excluding hydrogens is 575 g/mol. The number of nitrogens with one attached hydrogen (secondary N) is 1. The van der Waals surface area contributed by atoms with E-state index in [-0.39, 0.29) is 45.6 Å². The normalized spacial score (nSPS) is 21.4. The van der Waals surface area contributed by atoms with Crippen LogP contribution in [-0.2, 0) is 19.1 Å². The number of halogens is 2. The summed E-state index contributed by atoms with van der Waals surface area (Å²) in [5.41, 5.74) is 5.01. The van der Waals surface area contributed by atoms with E-state index in [1.54, 1.807) is 18.2 Å². The predicted octanol–water partition coefficient (Wildman–Crippen LogP) is 6.19. The second-order valence-electron chi connectivity index (χ2n) is 10.6. The summed E-state index contributed by atoms with van der Waals surface area (Å²) < 4.78 is 5.21. The number of esters is 1. The number of hydrogen-bond donors (Lipinski definition) is 1. The van der Waals surface area contributed by atoms with E-state index in [1.165, 1.54) is 29.2 Å². The van der Waals surface area contributed by atoms with Crippen molar-refractivity contribution < 1.29 is 23.9 Å². The van der Waals surface area contributed by atoms with E-state index >= 15 is 0 Å². The Balaban J connectivity index is 1.13. The monoisotopic (exact) mass is 596 g/mol. The van der Waals surface area contributed by atoms with Crippen molar-refractivity contribution in [3.63, 3.8) is 0 Å². The van der Waals surface area contributed by atoms with E-state index in [9.17, 15) is 19.2 Å². The Labute approximate surface area is 251 Å². The fourth-order valence-electron chi connectivity index (χ4n) is 6.70. The molecular formula is C33H22Cl2N2O5. The Morgan fingerprint density at radius 1 is 0.738 bits per heavy atom. The zero-order valence-corrected chi connectivity index (χ0v) is 23.4. The maximum Gasteiger partial charge on any atom is 0.338 e. The molecule has 208 valence electrons. The molecule has 42 heavy (non-hydrogen) atoms. The van der Waals surface area contributed by atoms with Gasteiger partial charge in [-0.05, 0) is 58.7 Å². The fourth-order valence-corrected chi connectivity index (χ4v) is 7.03. The van der Waals surface area contributed by atoms with Gasteiger partial charge in [-0.25, -0.2) is 9.69 Å². The second-order valence-corrected chi connectivity index (χ2v) is 11.4. The summed E-state index contributed by atoms with van der Waals surface area (Å²) in [5, 5.41) is 3.22. The molecule has 1 N–H and O–H groups in total. The minimum atomic E-state index is -0.777. The largest absolute Gasteiger partial charge is 0.452 e. The van der Waals surface area contributed by atoms with E-state index in [4.69, 9.17) is 27.9 Å². The predicted molar refractivity (Wildman–Crippen MR) is 158 cm³/mol. The van der Waals surface area contributed by atoms with Crippen LogP contribution in [0.2, 0.25) is 10.0 Å². The topological polar surface area (TPSA) is 92.8 Å². The molecule has 1 fully saturated rings. The van der Waals surface area contributed by atoms with Crippen molar-refractivity contribution >= 4 is 58.3 Å². The Bertz CT molecular complexity index is 1710. The minimum absolute atomic E-state index is 0.103. The summed E-state index contributed by atoms with van der Waals surface area (Å²) >= 11 is 12.0. The number of ether oxygens (including phenoxy) is 1. The van der Waals surface area contributed by atoms with E-state index in [1.807, 2.05) is 48.5 Å². The van der Waals surface area contributed by atoms with Crippen molar-refractivity contribution in [2.45, 2.75) is 11.8 Å². The van der Waals surface area contributed by atoms with Gasteiger partial charge >= 0.3 is 5.97 Å². The van der Waals surface area contributed by atoms with Crippen molar-refractivity contribution in [2.75, 3.05) is 16.8 Å². The lowest BCUT2D eigenvalue weighted by Crippen LogP contribution is -2.41. The molecule has 4 aromatic carbocycles. The average Bonchev–Trinajstić information content (AvgIpc) is 3.27. The zero-order valence-electron chi connectivity index (χ0n) is 21.9. The average molecular weight is 597 g/mol. The summed E-state index contributed by atoms with van der Waals surface area (Å²) in [4.78, 5) is 54.5. The smallest absolute Gasteiger partial charge is 0.338 e. The first kappa shape index (κ1) is 26.4. The SMILES string of the molecule is O=C(COC(=O)c1cccc(N2C(=O)[C@H]3C4c5ccccc5C(c5ccccc54)[C@@H]3C2=O)c1)Nc1cc(Cl)ccc1Cl. The van der Waals surface area contributed by atoms with E-state index in [0.29, 0.717) is 5.02 Å². The van der Waals surface area contributed by atoms with Crippen LogP contribution in [0.1, 0.15) is 44.4 Å². The summed E-state index contributed by atoms with van der Waals surface area (Å²) in [6, 6.07) is 26.8. The van der Waals surface area contributed by atoms with Crippen molar-refractivity contribution in [1.82, 2.24) is 0 Å². The van der Waals surface area contributed by atoms with E-state index in [2.05, 4.69) is 5.32 Å². The summed E-state index contributed by atoms with van der Waals surface area (Å²) in [6.07, 6.45) is 0. The summed E-state index contributed by atoms with van der Waals surface area (Å²) in [5.74, 6) is -3.48. The standard InChI is InChI=1S/C33H22Cl2N2O5/c34-18-12-13-24(35)25(15-18)36-26(38)16-42-33(41)17-6-5-7-19(14-17)37-31(39)29-27-20-8-1-2-9-21(20)28(30(29)32(37)40)23-11-4-3-10-22(23)27/h1-15,27-30H,16H2,(H,36,38)/t27?,28?,29-,30-/m0/s1. The van der Waals surface area contributed by atoms with Gasteiger partial charge in [0.25, 0.3) is 5.91 Å². The quantitative estimate of drug-likeness (QED) is 0.219. The maximum atomic E-state index is 14.0. The van der Waals surface area contributed by atoms with Gasteiger partial charge in [-0.15, -0.1) is 0 Å². The van der Waals surface area contributed by atoms with Crippen molar-refractivity contribution in [3.8, 4) is 0 Å². The van der Waals surface area contributed by atoms with Crippen molar-refractivity contribution in [3.05, 3.63) is 129 Å². The van der Waals surface area contributed by atoms with Gasteiger partial charge in [-0.3, -0.25) is 14.4 Å². The third-order valence-electron chi connectivity index (χ3n) is 8.33. The van der Waals surface area contributed by atoms with Gasteiger partial charge in [0.05, 0.1) is 33.8 Å². The lowest BCUT2D eigenvalue weighted by atomic mass is 9.55. The number of benzene rings is 4. The molecule has 1 aliphatic heterocycles. The molecule has 3 aliphatic carbocycles. The molecule has 4 aromatic rings. The molecule has 1 heterocycles. The molecule has 8 rings (SSSR count). The Morgan fingerprint density at radius 2 is 1.31 bits per heavy atom. The minimum Gasteiger partial charge on any atom is -0.452 e. The Morgan fingerprint density at radius 3 is 1.88 bits per heavy atom. The number of hydrogen-bond acceptors (Lipinski definition) is 5. The van der Waals surface area contributed by atoms with Crippen molar-refractivity contribution in [1.29, 1.82) is 0 Å². The van der Waals surface area contributed by atoms with Crippen LogP contribution >= 0.6 is 23.2 Å². The molecule has 0 radical (unpaired) electrons. The molecule has 9 heteroatoms. The van der Waals surface area contributed by atoms with Gasteiger partial charge in [-0.1, -0.05) is 77.8 Å². The number of anilines is 2. The number of carbonyl (C=O) groups excluding carboxylic acids is 4. The highest BCUT2D eigenvalue weighted by molar-refractivity contribution is 6.35. The molecule has 4 aliphatic rings. The molecule has 2 bridgehead atoms.